The van der Waals surface area contributed by atoms with Gasteiger partial charge in [0.1, 0.15) is 12.4 Å². The summed E-state index contributed by atoms with van der Waals surface area (Å²) in [6, 6.07) is 2.36. The lowest BCUT2D eigenvalue weighted by molar-refractivity contribution is -0.0367. The van der Waals surface area contributed by atoms with Crippen LogP contribution in [0, 0.1) is 16.7 Å². The Morgan fingerprint density at radius 3 is 3.05 bits per heavy atom. The predicted octanol–water partition coefficient (Wildman–Crippen LogP) is 2.00. The topological polar surface area (TPSA) is 67.0 Å². The van der Waals surface area contributed by atoms with Gasteiger partial charge in [-0.25, -0.2) is 0 Å². The Morgan fingerprint density at radius 1 is 1.52 bits per heavy atom. The first-order valence-corrected chi connectivity index (χ1v) is 7.68. The van der Waals surface area contributed by atoms with E-state index in [-0.39, 0.29) is 11.5 Å². The van der Waals surface area contributed by atoms with E-state index in [4.69, 9.17) is 10.00 Å². The van der Waals surface area contributed by atoms with Gasteiger partial charge in [-0.15, -0.1) is 10.2 Å². The van der Waals surface area contributed by atoms with Crippen LogP contribution in [-0.4, -0.2) is 45.9 Å². The molecule has 1 aliphatic rings. The van der Waals surface area contributed by atoms with E-state index in [1.165, 1.54) is 0 Å². The molecule has 1 saturated heterocycles. The standard InChI is InChI=1S/C15H25N5O/c1-4-20-12-17-18-14(20)13-10-19(8-9-21-13)7-5-6-15(2,3)11-16/h12-13H,4-10H2,1-3H3. The third-order valence-electron chi connectivity index (χ3n) is 4.00. The molecule has 0 aromatic carbocycles. The Balaban J connectivity index is 1.85. The van der Waals surface area contributed by atoms with Crippen molar-refractivity contribution in [2.45, 2.75) is 46.3 Å². The van der Waals surface area contributed by atoms with Crippen molar-refractivity contribution in [1.29, 1.82) is 5.26 Å². The second kappa shape index (κ2) is 7.01. The molecular formula is C15H25N5O. The van der Waals surface area contributed by atoms with Gasteiger partial charge in [0, 0.05) is 19.6 Å². The van der Waals surface area contributed by atoms with Crippen LogP contribution in [0.5, 0.6) is 0 Å². The quantitative estimate of drug-likeness (QED) is 0.802. The second-order valence-corrected chi connectivity index (χ2v) is 6.23. The largest absolute Gasteiger partial charge is 0.368 e. The first kappa shape index (κ1) is 15.9. The molecule has 1 aromatic heterocycles. The maximum atomic E-state index is 9.05. The number of morpholine rings is 1. The van der Waals surface area contributed by atoms with E-state index in [1.54, 1.807) is 6.33 Å². The van der Waals surface area contributed by atoms with Crippen molar-refractivity contribution < 1.29 is 4.74 Å². The number of nitriles is 1. The van der Waals surface area contributed by atoms with Crippen molar-refractivity contribution in [3.05, 3.63) is 12.2 Å². The highest BCUT2D eigenvalue weighted by atomic mass is 16.5. The molecule has 0 radical (unpaired) electrons. The lowest BCUT2D eigenvalue weighted by atomic mass is 9.90. The van der Waals surface area contributed by atoms with E-state index in [0.29, 0.717) is 0 Å². The van der Waals surface area contributed by atoms with Gasteiger partial charge in [0.25, 0.3) is 0 Å². The number of aryl methyl sites for hydroxylation is 1. The van der Waals surface area contributed by atoms with Gasteiger partial charge in [-0.3, -0.25) is 4.90 Å². The summed E-state index contributed by atoms with van der Waals surface area (Å²) in [6.45, 7) is 10.5. The summed E-state index contributed by atoms with van der Waals surface area (Å²) >= 11 is 0. The van der Waals surface area contributed by atoms with Crippen LogP contribution in [0.4, 0.5) is 0 Å². The molecular weight excluding hydrogens is 266 g/mol. The van der Waals surface area contributed by atoms with Crippen LogP contribution in [0.15, 0.2) is 6.33 Å². The lowest BCUT2D eigenvalue weighted by Crippen LogP contribution is -2.39. The summed E-state index contributed by atoms with van der Waals surface area (Å²) in [7, 11) is 0. The minimum atomic E-state index is -0.228. The van der Waals surface area contributed by atoms with Gasteiger partial charge in [-0.2, -0.15) is 5.26 Å². The van der Waals surface area contributed by atoms with Crippen molar-refractivity contribution >= 4 is 0 Å². The maximum Gasteiger partial charge on any atom is 0.163 e. The molecule has 1 aromatic rings. The smallest absolute Gasteiger partial charge is 0.163 e. The monoisotopic (exact) mass is 291 g/mol. The van der Waals surface area contributed by atoms with Gasteiger partial charge in [-0.05, 0) is 40.2 Å². The zero-order chi connectivity index (χ0) is 15.3. The minimum absolute atomic E-state index is 0.00479. The van der Waals surface area contributed by atoms with E-state index < -0.39 is 0 Å². The zero-order valence-electron chi connectivity index (χ0n) is 13.2. The van der Waals surface area contributed by atoms with Crippen molar-refractivity contribution in [2.24, 2.45) is 5.41 Å². The molecule has 0 amide bonds. The fourth-order valence-corrected chi connectivity index (χ4v) is 2.62. The third-order valence-corrected chi connectivity index (χ3v) is 4.00. The van der Waals surface area contributed by atoms with Gasteiger partial charge in [0.15, 0.2) is 5.82 Å². The normalized spacial score (nSPS) is 20.4. The average Bonchev–Trinajstić information content (AvgIpc) is 2.96. The Hall–Kier alpha value is -1.45. The number of hydrogen-bond donors (Lipinski definition) is 0. The predicted molar refractivity (Wildman–Crippen MR) is 79.5 cm³/mol. The van der Waals surface area contributed by atoms with Crippen molar-refractivity contribution in [3.8, 4) is 6.07 Å². The zero-order valence-corrected chi connectivity index (χ0v) is 13.2. The van der Waals surface area contributed by atoms with Crippen LogP contribution in [0.3, 0.4) is 0 Å². The highest BCUT2D eigenvalue weighted by molar-refractivity contribution is 4.95. The Bertz CT molecular complexity index is 490. The molecule has 1 aliphatic heterocycles. The van der Waals surface area contributed by atoms with Gasteiger partial charge >= 0.3 is 0 Å². The molecule has 0 saturated carbocycles. The first-order chi connectivity index (χ1) is 10.1. The minimum Gasteiger partial charge on any atom is -0.368 e. The fourth-order valence-electron chi connectivity index (χ4n) is 2.62. The fraction of sp³-hybridized carbons (Fsp3) is 0.800. The molecule has 1 unspecified atom stereocenters. The summed E-state index contributed by atoms with van der Waals surface area (Å²) in [5.41, 5.74) is -0.228. The maximum absolute atomic E-state index is 9.05. The molecule has 2 heterocycles. The summed E-state index contributed by atoms with van der Waals surface area (Å²) in [6.07, 6.45) is 3.72. The van der Waals surface area contributed by atoms with E-state index in [0.717, 1.165) is 51.5 Å². The average molecular weight is 291 g/mol. The summed E-state index contributed by atoms with van der Waals surface area (Å²) < 4.78 is 7.88. The van der Waals surface area contributed by atoms with Crippen molar-refractivity contribution in [2.75, 3.05) is 26.2 Å². The first-order valence-electron chi connectivity index (χ1n) is 7.68. The molecule has 0 spiro atoms. The van der Waals surface area contributed by atoms with Gasteiger partial charge < -0.3 is 9.30 Å². The van der Waals surface area contributed by atoms with E-state index in [1.807, 2.05) is 18.4 Å². The Kier molecular flexibility index (Phi) is 5.32. The molecule has 1 atom stereocenters. The van der Waals surface area contributed by atoms with Crippen molar-refractivity contribution in [3.63, 3.8) is 0 Å². The van der Waals surface area contributed by atoms with Crippen molar-refractivity contribution in [1.82, 2.24) is 19.7 Å². The molecule has 6 heteroatoms. The van der Waals surface area contributed by atoms with Crippen LogP contribution in [0.1, 0.15) is 45.5 Å². The lowest BCUT2D eigenvalue weighted by Gasteiger charge is -2.32. The third kappa shape index (κ3) is 4.26. The molecule has 116 valence electrons. The van der Waals surface area contributed by atoms with Crippen LogP contribution >= 0.6 is 0 Å². The second-order valence-electron chi connectivity index (χ2n) is 6.23. The molecule has 0 aliphatic carbocycles. The number of aromatic nitrogens is 3. The number of nitrogens with zero attached hydrogens (tertiary/aromatic N) is 5. The molecule has 2 rings (SSSR count). The number of ether oxygens (including phenoxy) is 1. The molecule has 21 heavy (non-hydrogen) atoms. The van der Waals surface area contributed by atoms with Gasteiger partial charge in [-0.1, -0.05) is 0 Å². The molecule has 0 bridgehead atoms. The summed E-state index contributed by atoms with van der Waals surface area (Å²) in [5.74, 6) is 0.916. The SMILES string of the molecule is CCn1cnnc1C1CN(CCCC(C)(C)C#N)CCO1. The summed E-state index contributed by atoms with van der Waals surface area (Å²) in [4.78, 5) is 2.40. The Labute approximate surface area is 126 Å². The highest BCUT2D eigenvalue weighted by Gasteiger charge is 2.26. The van der Waals surface area contributed by atoms with E-state index in [2.05, 4.69) is 28.1 Å². The van der Waals surface area contributed by atoms with Gasteiger partial charge in [0.05, 0.1) is 18.1 Å². The number of hydrogen-bond acceptors (Lipinski definition) is 5. The summed E-state index contributed by atoms with van der Waals surface area (Å²) in [5, 5.41) is 17.2. The van der Waals surface area contributed by atoms with Crippen LogP contribution in [-0.2, 0) is 11.3 Å². The van der Waals surface area contributed by atoms with Crippen LogP contribution < -0.4 is 0 Å². The number of rotatable bonds is 6. The van der Waals surface area contributed by atoms with Crippen LogP contribution in [0.2, 0.25) is 0 Å². The van der Waals surface area contributed by atoms with Crippen LogP contribution in [0.25, 0.3) is 0 Å². The van der Waals surface area contributed by atoms with E-state index in [9.17, 15) is 0 Å². The Morgan fingerprint density at radius 2 is 2.33 bits per heavy atom. The van der Waals surface area contributed by atoms with Gasteiger partial charge in [0.2, 0.25) is 0 Å². The molecule has 1 fully saturated rings. The molecule has 6 nitrogen and oxygen atoms in total. The van der Waals surface area contributed by atoms with E-state index >= 15 is 0 Å². The molecule has 0 N–H and O–H groups in total. The highest BCUT2D eigenvalue weighted by Crippen LogP contribution is 2.23.